The summed E-state index contributed by atoms with van der Waals surface area (Å²) in [6.07, 6.45) is -15.1. The van der Waals surface area contributed by atoms with E-state index in [9.17, 15) is 96.6 Å². The number of benzene rings is 8. The molecule has 498 valence electrons. The molecule has 30 heteroatoms. The second-order valence-electron chi connectivity index (χ2n) is 19.6. The van der Waals surface area contributed by atoms with Crippen molar-refractivity contribution >= 4 is 11.6 Å². The smallest absolute Gasteiger partial charge is 1.00 e. The number of aryl methyl sites for hydroxylation is 2. The van der Waals surface area contributed by atoms with E-state index < -0.39 is 168 Å². The maximum absolute atomic E-state index is 15.1. The van der Waals surface area contributed by atoms with Crippen LogP contribution in [0.3, 0.4) is 0 Å². The molecule has 0 unspecified atom stereocenters. The van der Waals surface area contributed by atoms with Crippen molar-refractivity contribution in [1.29, 1.82) is 0 Å². The van der Waals surface area contributed by atoms with Crippen LogP contribution in [0, 0.1) is 81.4 Å². The molecule has 0 radical (unpaired) electrons. The molecule has 0 saturated heterocycles. The van der Waals surface area contributed by atoms with Gasteiger partial charge in [0.15, 0.2) is 34.8 Å². The van der Waals surface area contributed by atoms with Crippen molar-refractivity contribution in [3.05, 3.63) is 237 Å². The van der Waals surface area contributed by atoms with Crippen LogP contribution in [0.5, 0.6) is 23.0 Å². The molecular weight excluding hydrogens is 1350 g/mol. The molecule has 8 rings (SSSR count). The minimum absolute atomic E-state index is 0. The van der Waals surface area contributed by atoms with Crippen LogP contribution in [0.25, 0.3) is 44.5 Å². The van der Waals surface area contributed by atoms with Gasteiger partial charge in [-0.3, -0.25) is 0 Å². The second kappa shape index (κ2) is 32.0. The molecule has 8 aromatic rings. The van der Waals surface area contributed by atoms with Gasteiger partial charge in [-0.05, 0) is 120 Å². The topological polar surface area (TPSA) is 47.9 Å². The maximum Gasteiger partial charge on any atom is 1.00 e. The maximum atomic E-state index is 15.1. The second-order valence-corrected chi connectivity index (χ2v) is 19.8. The number of phenols is 1. The van der Waals surface area contributed by atoms with Crippen molar-refractivity contribution in [2.24, 2.45) is 0 Å². The molecule has 0 saturated carbocycles. The third kappa shape index (κ3) is 19.8. The van der Waals surface area contributed by atoms with Gasteiger partial charge in [-0.15, -0.1) is 0 Å². The van der Waals surface area contributed by atoms with E-state index in [2.05, 4.69) is 25.8 Å². The Morgan fingerprint density at radius 2 is 0.723 bits per heavy atom. The summed E-state index contributed by atoms with van der Waals surface area (Å²) in [4.78, 5) is 0. The van der Waals surface area contributed by atoms with E-state index in [0.29, 0.717) is 41.6 Å². The summed E-state index contributed by atoms with van der Waals surface area (Å²) < 4.78 is 344. The van der Waals surface area contributed by atoms with Crippen LogP contribution in [0.15, 0.2) is 133 Å². The number of alkyl halides is 10. The van der Waals surface area contributed by atoms with E-state index in [1.54, 1.807) is 12.1 Å². The minimum atomic E-state index is -4.98. The predicted molar refractivity (Wildman–Crippen MR) is 293 cm³/mol. The molecule has 0 amide bonds. The average molecular weight is 1390 g/mol. The first kappa shape index (κ1) is 76.8. The van der Waals surface area contributed by atoms with E-state index in [4.69, 9.17) is 5.11 Å². The standard InChI is InChI=1S/C32H20F12O2.C29H19F9O2.C3H2ClF3.Na.H/c1-2-3-4-16-5-6-20(21(33)9-16)17-10-22(34)28(23(35)11-17)18-12-24(36)29(25(37)13-18)32(43,44)46-19-14-26(38)30(27(39)15-19)45-8-7-31(40,41)42;1-2-3-4-14-5-6-18(19(30)7-14)15-8-20(31)26(21(32)9-15)16-10-22(33)27(23(34)11-16)29(37,38)40-17-12-24(35)28(39)25(36)13-17;4-2-1-3(5,6)7;;/h5-15H,2-4H2,1H3;5-13,39H,2-4H2,1H3;1-2H;;/q;;;+1;-1/b8-7+;;2-1+;;. The van der Waals surface area contributed by atoms with Gasteiger partial charge in [0.2, 0.25) is 0 Å². The fourth-order valence-electron chi connectivity index (χ4n) is 8.62. The van der Waals surface area contributed by atoms with Crippen molar-refractivity contribution in [2.45, 2.75) is 76.9 Å². The molecule has 1 N–H and O–H groups in total. The Morgan fingerprint density at radius 3 is 1.01 bits per heavy atom. The van der Waals surface area contributed by atoms with E-state index in [1.807, 2.05) is 13.8 Å². The van der Waals surface area contributed by atoms with Crippen LogP contribution in [0.4, 0.5) is 105 Å². The number of phenolic OH excluding ortho intramolecular Hbond substituents is 1. The van der Waals surface area contributed by atoms with Crippen LogP contribution in [-0.4, -0.2) is 17.5 Å². The van der Waals surface area contributed by atoms with Crippen molar-refractivity contribution in [1.82, 2.24) is 0 Å². The van der Waals surface area contributed by atoms with Crippen molar-refractivity contribution in [2.75, 3.05) is 0 Å². The zero-order valence-corrected chi connectivity index (χ0v) is 50.8. The summed E-state index contributed by atoms with van der Waals surface area (Å²) >= 11 is 4.59. The van der Waals surface area contributed by atoms with E-state index in [0.717, 1.165) is 37.8 Å². The minimum Gasteiger partial charge on any atom is -1.00 e. The van der Waals surface area contributed by atoms with Crippen LogP contribution in [0.1, 0.15) is 63.2 Å². The van der Waals surface area contributed by atoms with Gasteiger partial charge in [0, 0.05) is 47.0 Å². The number of ether oxygens (including phenoxy) is 3. The Labute approximate surface area is 546 Å². The Bertz CT molecular complexity index is 3950. The van der Waals surface area contributed by atoms with Crippen LogP contribution < -0.4 is 43.8 Å². The first-order chi connectivity index (χ1) is 43.4. The molecule has 0 bridgehead atoms. The first-order valence-corrected chi connectivity index (χ1v) is 26.9. The Hall–Kier alpha value is -7.95. The summed E-state index contributed by atoms with van der Waals surface area (Å²) in [5.41, 5.74) is -6.75. The third-order valence-corrected chi connectivity index (χ3v) is 12.9. The number of aromatic hydroxyl groups is 1. The summed E-state index contributed by atoms with van der Waals surface area (Å²) in [6, 6.07) is 12.3. The zero-order chi connectivity index (χ0) is 69.2. The Balaban J connectivity index is 0.000000363. The molecule has 0 aliphatic heterocycles. The van der Waals surface area contributed by atoms with Gasteiger partial charge < -0.3 is 20.7 Å². The molecular formula is C64H42ClF24NaO4. The molecule has 8 aromatic carbocycles. The van der Waals surface area contributed by atoms with Crippen molar-refractivity contribution in [3.63, 3.8) is 0 Å². The molecule has 0 atom stereocenters. The largest absolute Gasteiger partial charge is 1.00 e. The molecule has 0 aromatic heterocycles. The van der Waals surface area contributed by atoms with E-state index >= 15 is 8.78 Å². The SMILES string of the molecule is CCCCc1ccc(-c2cc(F)c(-c3cc(F)c(C(F)(F)Oc4cc(F)c(O)c(F)c4)c(F)c3)c(F)c2)c(F)c1.CCCCc1ccc(-c2cc(F)c(-c3cc(F)c(C(F)(F)Oc4cc(F)c(O/C=C/C(F)(F)F)c(F)c4)c(F)c3)c(F)c2)c(F)c1.FC(F)(F)/C=C/Cl.[H-].[Na+]. The predicted octanol–water partition coefficient (Wildman–Crippen LogP) is 19.5. The fraction of sp³-hybridized carbons (Fsp3) is 0.188. The number of unbranched alkanes of at least 4 members (excludes halogenated alkanes) is 2. The fourth-order valence-corrected chi connectivity index (χ4v) is 8.76. The Morgan fingerprint density at radius 1 is 0.404 bits per heavy atom. The van der Waals surface area contributed by atoms with Crippen LogP contribution >= 0.6 is 11.6 Å². The van der Waals surface area contributed by atoms with Crippen molar-refractivity contribution in [3.8, 4) is 67.5 Å². The van der Waals surface area contributed by atoms with E-state index in [1.165, 1.54) is 24.3 Å². The number of allylic oxidation sites excluding steroid dienone is 2. The van der Waals surface area contributed by atoms with Gasteiger partial charge in [0.05, 0.1) is 23.5 Å². The summed E-state index contributed by atoms with van der Waals surface area (Å²) in [6.45, 7) is 3.91. The molecule has 0 aliphatic rings. The van der Waals surface area contributed by atoms with Crippen LogP contribution in [-0.2, 0) is 25.1 Å². The van der Waals surface area contributed by atoms with Gasteiger partial charge >= 0.3 is 54.1 Å². The monoisotopic (exact) mass is 1390 g/mol. The molecule has 4 nitrogen and oxygen atoms in total. The first-order valence-electron chi connectivity index (χ1n) is 26.5. The quantitative estimate of drug-likeness (QED) is 0.0528. The van der Waals surface area contributed by atoms with E-state index in [-0.39, 0.29) is 114 Å². The average Bonchev–Trinajstić information content (AvgIpc) is 0.777. The van der Waals surface area contributed by atoms with Gasteiger partial charge in [0.1, 0.15) is 80.8 Å². The van der Waals surface area contributed by atoms with Gasteiger partial charge in [0.25, 0.3) is 0 Å². The number of hydrogen-bond acceptors (Lipinski definition) is 4. The summed E-state index contributed by atoms with van der Waals surface area (Å²) in [7, 11) is 0. The van der Waals surface area contributed by atoms with Crippen molar-refractivity contribution < 1.29 is 156 Å². The van der Waals surface area contributed by atoms with Crippen LogP contribution in [0.2, 0.25) is 0 Å². The van der Waals surface area contributed by atoms with Gasteiger partial charge in [-0.25, -0.2) is 61.5 Å². The number of halogens is 25. The molecule has 0 fully saturated rings. The number of hydrogen-bond donors (Lipinski definition) is 1. The summed E-state index contributed by atoms with van der Waals surface area (Å²) in [5, 5.41) is 9.06. The molecule has 0 heterocycles. The normalized spacial score (nSPS) is 11.9. The Kier molecular flexibility index (Phi) is 26.1. The number of rotatable bonds is 18. The molecule has 0 aliphatic carbocycles. The van der Waals surface area contributed by atoms with Gasteiger partial charge in [-0.2, -0.15) is 43.9 Å². The zero-order valence-electron chi connectivity index (χ0n) is 49.1. The third-order valence-electron chi connectivity index (χ3n) is 12.8. The summed E-state index contributed by atoms with van der Waals surface area (Å²) in [5.74, 6) is -27.6. The molecule has 94 heavy (non-hydrogen) atoms. The van der Waals surface area contributed by atoms with Gasteiger partial charge in [-0.1, -0.05) is 62.6 Å². The molecule has 0 spiro atoms.